The van der Waals surface area contributed by atoms with Gasteiger partial charge in [0.15, 0.2) is 0 Å². The van der Waals surface area contributed by atoms with E-state index in [1.165, 1.54) is 0 Å². The molecule has 1 amide bonds. The fourth-order valence-corrected chi connectivity index (χ4v) is 1.21. The molecule has 2 unspecified atom stereocenters. The summed E-state index contributed by atoms with van der Waals surface area (Å²) in [5.41, 5.74) is 5.06. The quantitative estimate of drug-likeness (QED) is 0.709. The Kier molecular flexibility index (Phi) is 5.21. The molecule has 2 atom stereocenters. The number of carbonyl (C=O) groups excluding carboxylic acids is 1. The largest absolute Gasteiger partial charge is 0.391 e. The van der Waals surface area contributed by atoms with Crippen LogP contribution in [0.4, 0.5) is 0 Å². The van der Waals surface area contributed by atoms with Crippen molar-refractivity contribution in [3.63, 3.8) is 0 Å². The predicted octanol–water partition coefficient (Wildman–Crippen LogP) is 1.85. The first-order chi connectivity index (χ1) is 6.74. The van der Waals surface area contributed by atoms with E-state index in [2.05, 4.69) is 5.32 Å². The molecule has 0 aromatic carbocycles. The van der Waals surface area contributed by atoms with E-state index in [0.29, 0.717) is 17.3 Å². The van der Waals surface area contributed by atoms with Crippen molar-refractivity contribution in [2.45, 2.75) is 46.6 Å². The van der Waals surface area contributed by atoms with Crippen molar-refractivity contribution in [3.8, 4) is 0 Å². The van der Waals surface area contributed by atoms with E-state index >= 15 is 0 Å². The van der Waals surface area contributed by atoms with Gasteiger partial charge < -0.3 is 11.1 Å². The molecule has 88 valence electrons. The molecule has 3 N–H and O–H groups in total. The van der Waals surface area contributed by atoms with Gasteiger partial charge in [-0.25, -0.2) is 0 Å². The first-order valence-corrected chi connectivity index (χ1v) is 5.77. The zero-order valence-corrected chi connectivity index (χ0v) is 11.1. The summed E-state index contributed by atoms with van der Waals surface area (Å²) in [5, 5.41) is 2.92. The smallest absolute Gasteiger partial charge is 0.223 e. The van der Waals surface area contributed by atoms with Crippen LogP contribution in [0.15, 0.2) is 0 Å². The standard InChI is InChI=1S/C11H22N2OS/c1-6-11(5,10(12)15)13-9(14)8(4)7(2)3/h7-8H,6H2,1-5H3,(H2,12,15)(H,13,14). The molecule has 0 aliphatic heterocycles. The number of nitrogens with one attached hydrogen (secondary N) is 1. The summed E-state index contributed by atoms with van der Waals surface area (Å²) in [5.74, 6) is 0.310. The highest BCUT2D eigenvalue weighted by Gasteiger charge is 2.29. The van der Waals surface area contributed by atoms with Gasteiger partial charge in [0.05, 0.1) is 10.5 Å². The van der Waals surface area contributed by atoms with Crippen molar-refractivity contribution in [2.75, 3.05) is 0 Å². The third kappa shape index (κ3) is 3.78. The highest BCUT2D eigenvalue weighted by Crippen LogP contribution is 2.14. The average Bonchev–Trinajstić information content (AvgIpc) is 2.15. The molecule has 0 aromatic heterocycles. The van der Waals surface area contributed by atoms with E-state index in [4.69, 9.17) is 18.0 Å². The fourth-order valence-electron chi connectivity index (χ4n) is 1.01. The van der Waals surface area contributed by atoms with Crippen LogP contribution in [0, 0.1) is 11.8 Å². The zero-order valence-electron chi connectivity index (χ0n) is 10.3. The van der Waals surface area contributed by atoms with Gasteiger partial charge in [0.2, 0.25) is 5.91 Å². The lowest BCUT2D eigenvalue weighted by atomic mass is 9.93. The topological polar surface area (TPSA) is 55.1 Å². The second-order valence-electron chi connectivity index (χ2n) is 4.57. The highest BCUT2D eigenvalue weighted by atomic mass is 32.1. The van der Waals surface area contributed by atoms with Crippen molar-refractivity contribution in [1.82, 2.24) is 5.32 Å². The Labute approximate surface area is 97.8 Å². The molecule has 15 heavy (non-hydrogen) atoms. The lowest BCUT2D eigenvalue weighted by Gasteiger charge is -2.30. The maximum absolute atomic E-state index is 11.8. The van der Waals surface area contributed by atoms with E-state index in [9.17, 15) is 4.79 Å². The van der Waals surface area contributed by atoms with Gasteiger partial charge in [-0.2, -0.15) is 0 Å². The van der Waals surface area contributed by atoms with Crippen LogP contribution in [0.2, 0.25) is 0 Å². The zero-order chi connectivity index (χ0) is 12.2. The van der Waals surface area contributed by atoms with Crippen LogP contribution in [0.3, 0.4) is 0 Å². The van der Waals surface area contributed by atoms with Crippen molar-refractivity contribution in [2.24, 2.45) is 17.6 Å². The van der Waals surface area contributed by atoms with Gasteiger partial charge in [0, 0.05) is 5.92 Å². The lowest BCUT2D eigenvalue weighted by Crippen LogP contribution is -2.55. The molecule has 0 aliphatic carbocycles. The molecule has 0 aromatic rings. The highest BCUT2D eigenvalue weighted by molar-refractivity contribution is 7.80. The average molecular weight is 230 g/mol. The molecule has 0 spiro atoms. The van der Waals surface area contributed by atoms with Gasteiger partial charge in [-0.3, -0.25) is 4.79 Å². The van der Waals surface area contributed by atoms with E-state index < -0.39 is 5.54 Å². The summed E-state index contributed by atoms with van der Waals surface area (Å²) in [6.45, 7) is 9.78. The minimum Gasteiger partial charge on any atom is -0.391 e. The number of amides is 1. The van der Waals surface area contributed by atoms with Crippen molar-refractivity contribution in [1.29, 1.82) is 0 Å². The number of carbonyl (C=O) groups is 1. The van der Waals surface area contributed by atoms with Crippen LogP contribution < -0.4 is 11.1 Å². The Morgan fingerprint density at radius 2 is 1.93 bits per heavy atom. The molecule has 0 radical (unpaired) electrons. The molecular weight excluding hydrogens is 208 g/mol. The number of rotatable bonds is 5. The Balaban J connectivity index is 4.57. The molecule has 0 bridgehead atoms. The van der Waals surface area contributed by atoms with Crippen LogP contribution in [0.1, 0.15) is 41.0 Å². The van der Waals surface area contributed by atoms with E-state index in [1.807, 2.05) is 34.6 Å². The Bertz CT molecular complexity index is 253. The Morgan fingerprint density at radius 1 is 1.47 bits per heavy atom. The fraction of sp³-hybridized carbons (Fsp3) is 0.818. The maximum atomic E-state index is 11.8. The molecular formula is C11H22N2OS. The molecule has 3 nitrogen and oxygen atoms in total. The van der Waals surface area contributed by atoms with Crippen LogP contribution in [-0.2, 0) is 4.79 Å². The van der Waals surface area contributed by atoms with Crippen LogP contribution in [-0.4, -0.2) is 16.4 Å². The van der Waals surface area contributed by atoms with Gasteiger partial charge in [0.25, 0.3) is 0 Å². The van der Waals surface area contributed by atoms with Gasteiger partial charge in [-0.1, -0.05) is 39.9 Å². The van der Waals surface area contributed by atoms with Crippen LogP contribution in [0.25, 0.3) is 0 Å². The summed E-state index contributed by atoms with van der Waals surface area (Å²) in [6, 6.07) is 0. The summed E-state index contributed by atoms with van der Waals surface area (Å²) in [6.07, 6.45) is 0.707. The van der Waals surface area contributed by atoms with Crippen molar-refractivity contribution < 1.29 is 4.79 Å². The Morgan fingerprint density at radius 3 is 2.20 bits per heavy atom. The normalized spacial score (nSPS) is 16.9. The number of thiocarbonyl (C=S) groups is 1. The molecule has 0 heterocycles. The second-order valence-corrected chi connectivity index (χ2v) is 5.01. The number of hydrogen-bond donors (Lipinski definition) is 2. The van der Waals surface area contributed by atoms with Gasteiger partial charge in [-0.05, 0) is 19.3 Å². The summed E-state index contributed by atoms with van der Waals surface area (Å²) >= 11 is 4.96. The molecule has 0 saturated heterocycles. The monoisotopic (exact) mass is 230 g/mol. The molecule has 0 aliphatic rings. The van der Waals surface area contributed by atoms with Crippen LogP contribution >= 0.6 is 12.2 Å². The third-order valence-corrected chi connectivity index (χ3v) is 3.51. The van der Waals surface area contributed by atoms with Crippen molar-refractivity contribution >= 4 is 23.1 Å². The Hall–Kier alpha value is -0.640. The molecule has 0 fully saturated rings. The minimum absolute atomic E-state index is 0.0159. The third-order valence-electron chi connectivity index (χ3n) is 3.06. The first-order valence-electron chi connectivity index (χ1n) is 5.36. The van der Waals surface area contributed by atoms with Gasteiger partial charge in [-0.15, -0.1) is 0 Å². The summed E-state index contributed by atoms with van der Waals surface area (Å²) in [7, 11) is 0. The minimum atomic E-state index is -0.560. The van der Waals surface area contributed by atoms with E-state index in [-0.39, 0.29) is 11.8 Å². The molecule has 0 rings (SSSR count). The SMILES string of the molecule is CCC(C)(NC(=O)C(C)C(C)C)C(N)=S. The van der Waals surface area contributed by atoms with E-state index in [1.54, 1.807) is 0 Å². The summed E-state index contributed by atoms with van der Waals surface area (Å²) < 4.78 is 0. The predicted molar refractivity (Wildman–Crippen MR) is 67.6 cm³/mol. The van der Waals surface area contributed by atoms with Gasteiger partial charge in [0.1, 0.15) is 0 Å². The van der Waals surface area contributed by atoms with E-state index in [0.717, 1.165) is 0 Å². The summed E-state index contributed by atoms with van der Waals surface area (Å²) in [4.78, 5) is 12.2. The van der Waals surface area contributed by atoms with Crippen molar-refractivity contribution in [3.05, 3.63) is 0 Å². The van der Waals surface area contributed by atoms with Crippen LogP contribution in [0.5, 0.6) is 0 Å². The second kappa shape index (κ2) is 5.45. The first kappa shape index (κ1) is 14.4. The molecule has 4 heteroatoms. The number of hydrogen-bond acceptors (Lipinski definition) is 2. The maximum Gasteiger partial charge on any atom is 0.223 e. The number of nitrogens with two attached hydrogens (primary N) is 1. The van der Waals surface area contributed by atoms with Gasteiger partial charge >= 0.3 is 0 Å². The lowest BCUT2D eigenvalue weighted by molar-refractivity contribution is -0.126. The molecule has 0 saturated carbocycles.